The molecule has 1 N–H and O–H groups in total. The van der Waals surface area contributed by atoms with Crippen LogP contribution in [-0.2, 0) is 9.59 Å². The van der Waals surface area contributed by atoms with Crippen molar-refractivity contribution < 1.29 is 14.7 Å². The zero-order valence-corrected chi connectivity index (χ0v) is 19.3. The second-order valence-corrected chi connectivity index (χ2v) is 11.5. The molecule has 3 nitrogen and oxygen atoms in total. The average Bonchev–Trinajstić information content (AvgIpc) is 3.05. The number of hydrogen-bond acceptors (Lipinski definition) is 2. The first-order chi connectivity index (χ1) is 14.2. The topological polar surface area (TPSA) is 54.4 Å². The molecule has 8 atom stereocenters. The van der Waals surface area contributed by atoms with E-state index >= 15 is 0 Å². The first kappa shape index (κ1) is 21.8. The van der Waals surface area contributed by atoms with Crippen LogP contribution in [-0.4, -0.2) is 16.9 Å². The van der Waals surface area contributed by atoms with Gasteiger partial charge in [-0.15, -0.1) is 0 Å². The quantitative estimate of drug-likeness (QED) is 0.546. The van der Waals surface area contributed by atoms with Gasteiger partial charge in [-0.1, -0.05) is 52.7 Å². The number of allylic oxidation sites excluding steroid dienone is 4. The summed E-state index contributed by atoms with van der Waals surface area (Å²) in [6.07, 6.45) is 16.7. The van der Waals surface area contributed by atoms with Crippen molar-refractivity contribution in [3.63, 3.8) is 0 Å². The molecule has 0 amide bonds. The molecule has 2 fully saturated rings. The van der Waals surface area contributed by atoms with Gasteiger partial charge in [0.25, 0.3) is 0 Å². The lowest BCUT2D eigenvalue weighted by molar-refractivity contribution is -0.141. The van der Waals surface area contributed by atoms with E-state index in [2.05, 4.69) is 32.9 Å². The molecule has 4 rings (SSSR count). The van der Waals surface area contributed by atoms with E-state index in [0.29, 0.717) is 35.4 Å². The second-order valence-electron chi connectivity index (χ2n) is 11.5. The van der Waals surface area contributed by atoms with E-state index in [0.717, 1.165) is 37.5 Å². The van der Waals surface area contributed by atoms with Gasteiger partial charge in [-0.05, 0) is 90.6 Å². The maximum atomic E-state index is 12.0. The molecular formula is C27H40O3. The Kier molecular flexibility index (Phi) is 5.79. The van der Waals surface area contributed by atoms with E-state index in [9.17, 15) is 9.59 Å². The van der Waals surface area contributed by atoms with Crippen molar-refractivity contribution in [1.29, 1.82) is 0 Å². The zero-order valence-electron chi connectivity index (χ0n) is 19.3. The minimum absolute atomic E-state index is 0.186. The molecule has 2 saturated carbocycles. The van der Waals surface area contributed by atoms with Gasteiger partial charge in [0.1, 0.15) is 0 Å². The highest BCUT2D eigenvalue weighted by molar-refractivity contribution is 5.92. The summed E-state index contributed by atoms with van der Waals surface area (Å²) in [7, 11) is 0. The van der Waals surface area contributed by atoms with Crippen molar-refractivity contribution in [2.24, 2.45) is 46.3 Å². The minimum Gasteiger partial charge on any atom is -0.481 e. The first-order valence-electron chi connectivity index (χ1n) is 12.3. The summed E-state index contributed by atoms with van der Waals surface area (Å²) in [5, 5.41) is 9.15. The lowest BCUT2D eigenvalue weighted by Gasteiger charge is -2.56. The summed E-state index contributed by atoms with van der Waals surface area (Å²) in [5.74, 6) is 2.94. The van der Waals surface area contributed by atoms with E-state index < -0.39 is 5.97 Å². The molecule has 0 spiro atoms. The van der Waals surface area contributed by atoms with Crippen LogP contribution in [0.3, 0.4) is 0 Å². The average molecular weight is 413 g/mol. The Morgan fingerprint density at radius 3 is 2.63 bits per heavy atom. The number of rotatable bonds is 6. The molecule has 0 aromatic carbocycles. The first-order valence-corrected chi connectivity index (χ1v) is 12.3. The van der Waals surface area contributed by atoms with Crippen molar-refractivity contribution in [2.45, 2.75) is 85.5 Å². The Bertz CT molecular complexity index is 764. The van der Waals surface area contributed by atoms with Gasteiger partial charge in [0.15, 0.2) is 5.78 Å². The van der Waals surface area contributed by atoms with Gasteiger partial charge >= 0.3 is 5.97 Å². The normalized spacial score (nSPS) is 42.0. The van der Waals surface area contributed by atoms with Gasteiger partial charge in [0.05, 0.1) is 5.92 Å². The molecular weight excluding hydrogens is 372 g/mol. The number of carbonyl (C=O) groups excluding carboxylic acids is 1. The van der Waals surface area contributed by atoms with E-state index in [-0.39, 0.29) is 11.3 Å². The van der Waals surface area contributed by atoms with Gasteiger partial charge in [-0.25, -0.2) is 0 Å². The monoisotopic (exact) mass is 412 g/mol. The molecule has 166 valence electrons. The van der Waals surface area contributed by atoms with Crippen LogP contribution in [0.2, 0.25) is 0 Å². The SMILES string of the molecule is CC(CCCC(C)[C@H]1CC[C@H]2[C@@H]3C=CC4=CC(=O)CC[C@]4(C)[C@H]3CC[C@]12C)C(=O)O. The predicted octanol–water partition coefficient (Wildman–Crippen LogP) is 6.44. The molecule has 0 saturated heterocycles. The Hall–Kier alpha value is -1.38. The summed E-state index contributed by atoms with van der Waals surface area (Å²) in [5.41, 5.74) is 1.88. The number of fused-ring (bicyclic) bond motifs is 5. The smallest absolute Gasteiger partial charge is 0.306 e. The molecule has 0 heterocycles. The summed E-state index contributed by atoms with van der Waals surface area (Å²) in [6, 6.07) is 0. The molecule has 2 unspecified atom stereocenters. The number of ketones is 1. The van der Waals surface area contributed by atoms with E-state index in [1.54, 1.807) is 0 Å². The van der Waals surface area contributed by atoms with Crippen LogP contribution in [0.4, 0.5) is 0 Å². The highest BCUT2D eigenvalue weighted by atomic mass is 16.4. The second kappa shape index (κ2) is 7.95. The van der Waals surface area contributed by atoms with E-state index in [1.165, 1.54) is 31.3 Å². The lowest BCUT2D eigenvalue weighted by Crippen LogP contribution is -2.49. The molecule has 4 aliphatic carbocycles. The molecule has 0 aliphatic heterocycles. The molecule has 0 aromatic rings. The maximum Gasteiger partial charge on any atom is 0.306 e. The Morgan fingerprint density at radius 2 is 1.90 bits per heavy atom. The van der Waals surface area contributed by atoms with Gasteiger partial charge in [-0.3, -0.25) is 9.59 Å². The Labute approximate surface area is 182 Å². The largest absolute Gasteiger partial charge is 0.481 e. The summed E-state index contributed by atoms with van der Waals surface area (Å²) < 4.78 is 0. The Balaban J connectivity index is 1.47. The number of carboxylic acid groups (broad SMARTS) is 1. The number of hydrogen-bond donors (Lipinski definition) is 1. The molecule has 3 heteroatoms. The van der Waals surface area contributed by atoms with Crippen LogP contribution in [0.5, 0.6) is 0 Å². The van der Waals surface area contributed by atoms with Crippen molar-refractivity contribution in [3.8, 4) is 0 Å². The van der Waals surface area contributed by atoms with Gasteiger partial charge < -0.3 is 5.11 Å². The fraction of sp³-hybridized carbons (Fsp3) is 0.778. The zero-order chi connectivity index (χ0) is 21.7. The number of carboxylic acids is 1. The molecule has 30 heavy (non-hydrogen) atoms. The van der Waals surface area contributed by atoms with Crippen LogP contribution >= 0.6 is 0 Å². The van der Waals surface area contributed by atoms with Crippen molar-refractivity contribution in [1.82, 2.24) is 0 Å². The summed E-state index contributed by atoms with van der Waals surface area (Å²) in [6.45, 7) is 9.24. The highest BCUT2D eigenvalue weighted by Gasteiger charge is 2.58. The summed E-state index contributed by atoms with van der Waals surface area (Å²) >= 11 is 0. The van der Waals surface area contributed by atoms with Crippen molar-refractivity contribution >= 4 is 11.8 Å². The molecule has 4 aliphatic rings. The van der Waals surface area contributed by atoms with Crippen LogP contribution < -0.4 is 0 Å². The molecule has 0 bridgehead atoms. The summed E-state index contributed by atoms with van der Waals surface area (Å²) in [4.78, 5) is 23.1. The minimum atomic E-state index is -0.663. The van der Waals surface area contributed by atoms with E-state index in [1.807, 2.05) is 13.0 Å². The van der Waals surface area contributed by atoms with Crippen LogP contribution in [0, 0.1) is 46.3 Å². The fourth-order valence-electron chi connectivity index (χ4n) is 8.04. The van der Waals surface area contributed by atoms with Crippen LogP contribution in [0.15, 0.2) is 23.8 Å². The molecule has 0 radical (unpaired) electrons. The van der Waals surface area contributed by atoms with Crippen molar-refractivity contribution in [2.75, 3.05) is 0 Å². The maximum absolute atomic E-state index is 12.0. The Morgan fingerprint density at radius 1 is 1.13 bits per heavy atom. The van der Waals surface area contributed by atoms with Crippen LogP contribution in [0.25, 0.3) is 0 Å². The van der Waals surface area contributed by atoms with Gasteiger partial charge in [-0.2, -0.15) is 0 Å². The fourth-order valence-corrected chi connectivity index (χ4v) is 8.04. The van der Waals surface area contributed by atoms with Gasteiger partial charge in [0.2, 0.25) is 0 Å². The lowest BCUT2D eigenvalue weighted by atomic mass is 9.48. The number of aliphatic carboxylic acids is 1. The third-order valence-corrected chi connectivity index (χ3v) is 9.99. The third-order valence-electron chi connectivity index (χ3n) is 9.99. The van der Waals surface area contributed by atoms with Crippen LogP contribution in [0.1, 0.15) is 85.5 Å². The van der Waals surface area contributed by atoms with E-state index in [4.69, 9.17) is 5.11 Å². The standard InChI is InChI=1S/C27H40O3/c1-17(6-5-7-18(2)25(29)30)22-10-11-23-21-9-8-19-16-20(28)12-14-26(19,3)24(21)13-15-27(22,23)4/h8-9,16-18,21-24H,5-7,10-15H2,1-4H3,(H,29,30)/t17?,18?,21-,22+,23-,24-,26-,27+/m0/s1. The number of carbonyl (C=O) groups is 2. The van der Waals surface area contributed by atoms with Crippen molar-refractivity contribution in [3.05, 3.63) is 23.8 Å². The van der Waals surface area contributed by atoms with Gasteiger partial charge in [0, 0.05) is 6.42 Å². The third kappa shape index (κ3) is 3.50. The predicted molar refractivity (Wildman–Crippen MR) is 120 cm³/mol. The highest BCUT2D eigenvalue weighted by Crippen LogP contribution is 2.66. The molecule has 0 aromatic heterocycles.